The number of benzene rings is 1. The maximum Gasteiger partial charge on any atom is 0.422 e. The lowest BCUT2D eigenvalue weighted by molar-refractivity contribution is 0.0364. The summed E-state index contributed by atoms with van der Waals surface area (Å²) in [6.07, 6.45) is -0.454. The van der Waals surface area contributed by atoms with Crippen molar-refractivity contribution in [1.82, 2.24) is 4.90 Å². The van der Waals surface area contributed by atoms with E-state index in [9.17, 15) is 4.79 Å². The topological polar surface area (TPSA) is 29.5 Å². The summed E-state index contributed by atoms with van der Waals surface area (Å²) in [7, 11) is 0. The molecule has 0 aliphatic rings. The Bertz CT molecular complexity index is 646. The van der Waals surface area contributed by atoms with Crippen molar-refractivity contribution in [3.8, 4) is 12.0 Å². The van der Waals surface area contributed by atoms with Crippen LogP contribution in [-0.4, -0.2) is 23.1 Å². The number of nitrogens with zero attached hydrogens (tertiary/aromatic N) is 1. The third-order valence-corrected chi connectivity index (χ3v) is 3.13. The monoisotopic (exact) mass is 327 g/mol. The van der Waals surface area contributed by atoms with Crippen LogP contribution in [0.5, 0.6) is 0 Å². The Morgan fingerprint density at radius 2 is 1.67 bits per heavy atom. The van der Waals surface area contributed by atoms with E-state index in [0.717, 1.165) is 11.1 Å². The van der Waals surface area contributed by atoms with Crippen molar-refractivity contribution < 1.29 is 9.53 Å². The Labute approximate surface area is 146 Å². The number of hydrogen-bond acceptors (Lipinski definition) is 2. The summed E-state index contributed by atoms with van der Waals surface area (Å²) in [6, 6.07) is 11.0. The maximum atomic E-state index is 12.3. The van der Waals surface area contributed by atoms with Gasteiger partial charge in [-0.1, -0.05) is 45.1 Å². The third kappa shape index (κ3) is 6.91. The van der Waals surface area contributed by atoms with Gasteiger partial charge in [0.2, 0.25) is 0 Å². The highest BCUT2D eigenvalue weighted by Crippen LogP contribution is 2.22. The van der Waals surface area contributed by atoms with Crippen LogP contribution in [0.3, 0.4) is 0 Å². The molecule has 1 rings (SSSR count). The number of amides is 1. The molecule has 0 aliphatic heterocycles. The van der Waals surface area contributed by atoms with Gasteiger partial charge in [0, 0.05) is 11.6 Å². The van der Waals surface area contributed by atoms with Crippen molar-refractivity contribution in [2.24, 2.45) is 0 Å². The molecular formula is C21H29NO2. The largest absolute Gasteiger partial charge is 0.443 e. The highest BCUT2D eigenvalue weighted by atomic mass is 16.6. The fraction of sp³-hybridized carbons (Fsp3) is 0.476. The molecule has 0 bridgehead atoms. The lowest BCUT2D eigenvalue weighted by Gasteiger charge is -2.23. The van der Waals surface area contributed by atoms with Crippen molar-refractivity contribution >= 4 is 6.09 Å². The summed E-state index contributed by atoms with van der Waals surface area (Å²) in [6.45, 7) is 18.1. The zero-order valence-corrected chi connectivity index (χ0v) is 16.0. The van der Waals surface area contributed by atoms with Crippen LogP contribution in [0.2, 0.25) is 0 Å². The molecule has 0 aromatic heterocycles. The first-order valence-electron chi connectivity index (χ1n) is 8.15. The summed E-state index contributed by atoms with van der Waals surface area (Å²) in [5.41, 5.74) is 2.50. The molecule has 0 saturated carbocycles. The van der Waals surface area contributed by atoms with E-state index in [1.54, 1.807) is 0 Å². The lowest BCUT2D eigenvalue weighted by Crippen LogP contribution is -2.34. The lowest BCUT2D eigenvalue weighted by atomic mass is 9.87. The van der Waals surface area contributed by atoms with E-state index in [0.29, 0.717) is 6.54 Å². The van der Waals surface area contributed by atoms with Gasteiger partial charge in [0.1, 0.15) is 5.60 Å². The van der Waals surface area contributed by atoms with Gasteiger partial charge in [-0.25, -0.2) is 9.69 Å². The van der Waals surface area contributed by atoms with Gasteiger partial charge in [-0.05, 0) is 56.7 Å². The quantitative estimate of drug-likeness (QED) is 0.429. The Balaban J connectivity index is 2.97. The maximum absolute atomic E-state index is 12.3. The fourth-order valence-electron chi connectivity index (χ4n) is 1.92. The number of carbonyl (C=O) groups is 1. The Kier molecular flexibility index (Phi) is 6.26. The van der Waals surface area contributed by atoms with Gasteiger partial charge in [0.05, 0.1) is 6.54 Å². The number of ether oxygens (including phenoxy) is 1. The molecule has 0 spiro atoms. The van der Waals surface area contributed by atoms with E-state index in [2.05, 4.69) is 51.4 Å². The molecule has 1 aromatic rings. The minimum absolute atomic E-state index is 0.106. The molecular weight excluding hydrogens is 298 g/mol. The summed E-state index contributed by atoms with van der Waals surface area (Å²) in [4.78, 5) is 13.6. The highest BCUT2D eigenvalue weighted by molar-refractivity contribution is 5.71. The second kappa shape index (κ2) is 7.57. The number of carbonyl (C=O) groups excluding carboxylic acids is 1. The Hall–Kier alpha value is -2.21. The Morgan fingerprint density at radius 1 is 1.12 bits per heavy atom. The van der Waals surface area contributed by atoms with Gasteiger partial charge < -0.3 is 4.74 Å². The molecule has 0 atom stereocenters. The molecule has 0 radical (unpaired) electrons. The van der Waals surface area contributed by atoms with Gasteiger partial charge in [0.25, 0.3) is 0 Å². The predicted octanol–water partition coefficient (Wildman–Crippen LogP) is 5.11. The summed E-state index contributed by atoms with van der Waals surface area (Å²) >= 11 is 0. The first-order valence-corrected chi connectivity index (χ1v) is 8.15. The first-order chi connectivity index (χ1) is 10.9. The molecule has 3 nitrogen and oxygen atoms in total. The molecule has 24 heavy (non-hydrogen) atoms. The van der Waals surface area contributed by atoms with Crippen LogP contribution in [0.25, 0.3) is 0 Å². The van der Waals surface area contributed by atoms with Crippen LogP contribution < -0.4 is 0 Å². The summed E-state index contributed by atoms with van der Waals surface area (Å²) in [5, 5.41) is 0. The molecule has 3 heteroatoms. The average Bonchev–Trinajstić information content (AvgIpc) is 2.40. The van der Waals surface area contributed by atoms with Gasteiger partial charge in [0.15, 0.2) is 0 Å². The van der Waals surface area contributed by atoms with E-state index in [1.807, 2.05) is 39.8 Å². The minimum atomic E-state index is -0.555. The second-order valence-corrected chi connectivity index (χ2v) is 8.09. The van der Waals surface area contributed by atoms with Gasteiger partial charge >= 0.3 is 6.09 Å². The summed E-state index contributed by atoms with van der Waals surface area (Å²) < 4.78 is 5.40. The van der Waals surface area contributed by atoms with Crippen molar-refractivity contribution in [2.75, 3.05) is 6.54 Å². The zero-order valence-electron chi connectivity index (χ0n) is 16.0. The molecule has 130 valence electrons. The fourth-order valence-corrected chi connectivity index (χ4v) is 1.92. The van der Waals surface area contributed by atoms with Crippen molar-refractivity contribution in [1.29, 1.82) is 0 Å². The summed E-state index contributed by atoms with van der Waals surface area (Å²) in [5.74, 6) is 3.03. The van der Waals surface area contributed by atoms with Crippen LogP contribution in [0.15, 0.2) is 36.4 Å². The van der Waals surface area contributed by atoms with Crippen LogP contribution in [-0.2, 0) is 10.2 Å². The Morgan fingerprint density at radius 3 is 2.08 bits per heavy atom. The van der Waals surface area contributed by atoms with Gasteiger partial charge in [-0.3, -0.25) is 0 Å². The van der Waals surface area contributed by atoms with E-state index >= 15 is 0 Å². The molecule has 0 saturated heterocycles. The predicted molar refractivity (Wildman–Crippen MR) is 99.8 cm³/mol. The van der Waals surface area contributed by atoms with Crippen LogP contribution in [0.1, 0.15) is 59.6 Å². The zero-order chi connectivity index (χ0) is 18.5. The van der Waals surface area contributed by atoms with E-state index in [1.165, 1.54) is 10.5 Å². The smallest absolute Gasteiger partial charge is 0.422 e. The van der Waals surface area contributed by atoms with E-state index < -0.39 is 11.7 Å². The van der Waals surface area contributed by atoms with E-state index in [4.69, 9.17) is 4.74 Å². The van der Waals surface area contributed by atoms with Crippen LogP contribution >= 0.6 is 0 Å². The minimum Gasteiger partial charge on any atom is -0.443 e. The molecule has 1 aromatic carbocycles. The average molecular weight is 327 g/mol. The second-order valence-electron chi connectivity index (χ2n) is 8.09. The van der Waals surface area contributed by atoms with Crippen molar-refractivity contribution in [2.45, 2.75) is 59.5 Å². The van der Waals surface area contributed by atoms with Crippen LogP contribution in [0, 0.1) is 12.0 Å². The van der Waals surface area contributed by atoms with Gasteiger partial charge in [-0.15, -0.1) is 0 Å². The number of rotatable bonds is 2. The molecule has 1 amide bonds. The molecule has 0 fully saturated rings. The van der Waals surface area contributed by atoms with E-state index in [-0.39, 0.29) is 5.41 Å². The molecule has 0 aliphatic carbocycles. The third-order valence-electron chi connectivity index (χ3n) is 3.13. The van der Waals surface area contributed by atoms with Gasteiger partial charge in [-0.2, -0.15) is 0 Å². The van der Waals surface area contributed by atoms with Crippen molar-refractivity contribution in [3.63, 3.8) is 0 Å². The molecule has 0 unspecified atom stereocenters. The van der Waals surface area contributed by atoms with Crippen molar-refractivity contribution in [3.05, 3.63) is 47.5 Å². The first kappa shape index (κ1) is 19.8. The number of hydrogen-bond donors (Lipinski definition) is 0. The van der Waals surface area contributed by atoms with Crippen LogP contribution in [0.4, 0.5) is 4.79 Å². The standard InChI is InChI=1S/C21H29NO2/c1-16(2)15-22(19(23)24-21(6,7)8)14-13-17-9-11-18(12-10-17)20(3,4)5/h9-12H,1,15H2,2-8H3. The SMILES string of the molecule is C=C(C)CN(C#Cc1ccc(C(C)(C)C)cc1)C(=O)OC(C)(C)C. The molecule has 0 N–H and O–H groups in total. The molecule has 0 heterocycles. The normalized spacial score (nSPS) is 11.3. The highest BCUT2D eigenvalue weighted by Gasteiger charge is 2.21.